The number of aromatic amines is 1. The summed E-state index contributed by atoms with van der Waals surface area (Å²) in [5, 5.41) is 3.41. The Morgan fingerprint density at radius 3 is 3.00 bits per heavy atom. The first kappa shape index (κ1) is 10.1. The normalized spacial score (nSPS) is 21.0. The molecule has 3 rings (SSSR count). The van der Waals surface area contributed by atoms with E-state index in [0.717, 1.165) is 25.2 Å². The van der Waals surface area contributed by atoms with Crippen LogP contribution in [0.15, 0.2) is 6.08 Å². The molecule has 2 heterocycles. The zero-order valence-corrected chi connectivity index (χ0v) is 9.63. The number of aryl methyl sites for hydroxylation is 1. The summed E-state index contributed by atoms with van der Waals surface area (Å²) in [6, 6.07) is 0. The Morgan fingerprint density at radius 2 is 2.19 bits per heavy atom. The molecule has 1 fully saturated rings. The zero-order chi connectivity index (χ0) is 10.8. The number of H-pyrrole nitrogens is 1. The molecule has 0 spiro atoms. The predicted molar refractivity (Wildman–Crippen MR) is 65.2 cm³/mol. The van der Waals surface area contributed by atoms with Crippen LogP contribution in [-0.4, -0.2) is 23.1 Å². The van der Waals surface area contributed by atoms with Crippen LogP contribution in [0.5, 0.6) is 0 Å². The Hall–Kier alpha value is -1.09. The molecule has 2 aliphatic rings. The van der Waals surface area contributed by atoms with Gasteiger partial charge in [-0.25, -0.2) is 4.98 Å². The van der Waals surface area contributed by atoms with Crippen LogP contribution in [0.2, 0.25) is 0 Å². The maximum Gasteiger partial charge on any atom is 0.107 e. The number of allylic oxidation sites excluding steroid dienone is 1. The maximum atomic E-state index is 4.68. The number of nitrogens with one attached hydrogen (secondary N) is 2. The van der Waals surface area contributed by atoms with Crippen LogP contribution in [0, 0.1) is 5.92 Å². The molecule has 1 aromatic heterocycles. The summed E-state index contributed by atoms with van der Waals surface area (Å²) in [7, 11) is 0. The lowest BCUT2D eigenvalue weighted by Crippen LogP contribution is -2.28. The van der Waals surface area contributed by atoms with Crippen molar-refractivity contribution in [1.82, 2.24) is 15.3 Å². The van der Waals surface area contributed by atoms with E-state index >= 15 is 0 Å². The van der Waals surface area contributed by atoms with E-state index in [4.69, 9.17) is 0 Å². The van der Waals surface area contributed by atoms with Gasteiger partial charge in [-0.15, -0.1) is 0 Å². The molecule has 1 aliphatic heterocycles. The van der Waals surface area contributed by atoms with E-state index in [1.54, 1.807) is 0 Å². The summed E-state index contributed by atoms with van der Waals surface area (Å²) >= 11 is 0. The Morgan fingerprint density at radius 1 is 1.31 bits per heavy atom. The fourth-order valence-corrected chi connectivity index (χ4v) is 2.69. The smallest absolute Gasteiger partial charge is 0.107 e. The second kappa shape index (κ2) is 4.42. The van der Waals surface area contributed by atoms with Gasteiger partial charge in [0.05, 0.1) is 5.69 Å². The molecule has 2 N–H and O–H groups in total. The molecule has 0 amide bonds. The van der Waals surface area contributed by atoms with Crippen LogP contribution in [-0.2, 0) is 12.8 Å². The third kappa shape index (κ3) is 2.05. The van der Waals surface area contributed by atoms with Crippen molar-refractivity contribution in [2.24, 2.45) is 5.92 Å². The highest BCUT2D eigenvalue weighted by molar-refractivity contribution is 5.50. The van der Waals surface area contributed by atoms with Crippen molar-refractivity contribution < 1.29 is 0 Å². The van der Waals surface area contributed by atoms with Crippen LogP contribution in [0.4, 0.5) is 0 Å². The Kier molecular flexibility index (Phi) is 2.79. The molecular weight excluding hydrogens is 198 g/mol. The Labute approximate surface area is 96.4 Å². The number of imidazole rings is 1. The molecule has 0 bridgehead atoms. The molecule has 0 radical (unpaired) electrons. The molecule has 0 atom stereocenters. The van der Waals surface area contributed by atoms with Crippen molar-refractivity contribution in [2.75, 3.05) is 13.1 Å². The molecule has 1 aliphatic carbocycles. The van der Waals surface area contributed by atoms with Crippen LogP contribution >= 0.6 is 0 Å². The summed E-state index contributed by atoms with van der Waals surface area (Å²) in [6.07, 6.45) is 10.4. The number of fused-ring (bicyclic) bond motifs is 1. The van der Waals surface area contributed by atoms with Crippen molar-refractivity contribution in [2.45, 2.75) is 32.1 Å². The van der Waals surface area contributed by atoms with Gasteiger partial charge in [0.2, 0.25) is 0 Å². The number of rotatable bonds is 2. The number of nitrogens with zero attached hydrogens (tertiary/aromatic N) is 1. The van der Waals surface area contributed by atoms with Gasteiger partial charge in [0, 0.05) is 12.1 Å². The number of piperidine rings is 1. The molecule has 3 nitrogen and oxygen atoms in total. The van der Waals surface area contributed by atoms with E-state index in [1.165, 1.54) is 43.1 Å². The van der Waals surface area contributed by atoms with Gasteiger partial charge in [-0.05, 0) is 50.8 Å². The fraction of sp³-hybridized carbons (Fsp3) is 0.615. The van der Waals surface area contributed by atoms with Crippen LogP contribution in [0.25, 0.3) is 6.08 Å². The number of hydrogen-bond donors (Lipinski definition) is 2. The lowest BCUT2D eigenvalue weighted by Gasteiger charge is -2.21. The van der Waals surface area contributed by atoms with Gasteiger partial charge >= 0.3 is 0 Å². The number of hydrogen-bond acceptors (Lipinski definition) is 2. The van der Waals surface area contributed by atoms with Gasteiger partial charge in [-0.1, -0.05) is 6.08 Å². The summed E-state index contributed by atoms with van der Waals surface area (Å²) in [6.45, 7) is 2.34. The lowest BCUT2D eigenvalue weighted by atomic mass is 9.94. The standard InChI is InChI=1S/C13H19N3/c1-2-4-12-11(3-1)15-13(16-12)9-10-5-7-14-8-6-10/h1,3,10,14H,2,4-9H2,(H,15,16). The molecule has 0 saturated carbocycles. The second-order valence-corrected chi connectivity index (χ2v) is 4.89. The second-order valence-electron chi connectivity index (χ2n) is 4.89. The minimum absolute atomic E-state index is 0.817. The molecule has 16 heavy (non-hydrogen) atoms. The molecule has 0 unspecified atom stereocenters. The molecule has 0 aromatic carbocycles. The minimum Gasteiger partial charge on any atom is -0.345 e. The SMILES string of the molecule is C1=Cc2nc(CC3CCNCC3)[nH]c2CC1. The highest BCUT2D eigenvalue weighted by Gasteiger charge is 2.17. The summed E-state index contributed by atoms with van der Waals surface area (Å²) in [4.78, 5) is 8.18. The molecule has 86 valence electrons. The summed E-state index contributed by atoms with van der Waals surface area (Å²) in [5.74, 6) is 2.02. The van der Waals surface area contributed by atoms with Gasteiger partial charge in [0.15, 0.2) is 0 Å². The monoisotopic (exact) mass is 217 g/mol. The quantitative estimate of drug-likeness (QED) is 0.794. The lowest BCUT2D eigenvalue weighted by molar-refractivity contribution is 0.368. The van der Waals surface area contributed by atoms with Gasteiger partial charge in [0.1, 0.15) is 5.82 Å². The summed E-state index contributed by atoms with van der Waals surface area (Å²) < 4.78 is 0. The largest absolute Gasteiger partial charge is 0.345 e. The van der Waals surface area contributed by atoms with Crippen molar-refractivity contribution in [3.63, 3.8) is 0 Å². The van der Waals surface area contributed by atoms with E-state index < -0.39 is 0 Å². The van der Waals surface area contributed by atoms with Crippen LogP contribution < -0.4 is 5.32 Å². The molecule has 3 heteroatoms. The van der Waals surface area contributed by atoms with E-state index in [2.05, 4.69) is 27.4 Å². The average molecular weight is 217 g/mol. The third-order valence-corrected chi connectivity index (χ3v) is 3.64. The van der Waals surface area contributed by atoms with Gasteiger partial charge in [0.25, 0.3) is 0 Å². The first-order valence-electron chi connectivity index (χ1n) is 6.37. The third-order valence-electron chi connectivity index (χ3n) is 3.64. The van der Waals surface area contributed by atoms with E-state index in [-0.39, 0.29) is 0 Å². The molecule has 1 saturated heterocycles. The molecule has 1 aromatic rings. The maximum absolute atomic E-state index is 4.68. The highest BCUT2D eigenvalue weighted by Crippen LogP contribution is 2.20. The average Bonchev–Trinajstić information content (AvgIpc) is 2.72. The van der Waals surface area contributed by atoms with Crippen molar-refractivity contribution in [1.29, 1.82) is 0 Å². The van der Waals surface area contributed by atoms with Crippen molar-refractivity contribution >= 4 is 6.08 Å². The first-order valence-corrected chi connectivity index (χ1v) is 6.37. The first-order chi connectivity index (χ1) is 7.92. The minimum atomic E-state index is 0.817. The highest BCUT2D eigenvalue weighted by atomic mass is 14.9. The van der Waals surface area contributed by atoms with Gasteiger partial charge in [-0.2, -0.15) is 0 Å². The predicted octanol–water partition coefficient (Wildman–Crippen LogP) is 1.91. The van der Waals surface area contributed by atoms with Gasteiger partial charge < -0.3 is 10.3 Å². The Balaban J connectivity index is 1.70. The van der Waals surface area contributed by atoms with Crippen molar-refractivity contribution in [3.8, 4) is 0 Å². The topological polar surface area (TPSA) is 40.7 Å². The van der Waals surface area contributed by atoms with Crippen LogP contribution in [0.1, 0.15) is 36.5 Å². The fourth-order valence-electron chi connectivity index (χ4n) is 2.69. The van der Waals surface area contributed by atoms with E-state index in [1.807, 2.05) is 0 Å². The number of aromatic nitrogens is 2. The van der Waals surface area contributed by atoms with Crippen molar-refractivity contribution in [3.05, 3.63) is 23.3 Å². The summed E-state index contributed by atoms with van der Waals surface area (Å²) in [5.41, 5.74) is 2.52. The van der Waals surface area contributed by atoms with E-state index in [9.17, 15) is 0 Å². The molecular formula is C13H19N3. The zero-order valence-electron chi connectivity index (χ0n) is 9.63. The van der Waals surface area contributed by atoms with Gasteiger partial charge in [-0.3, -0.25) is 0 Å². The Bertz CT molecular complexity index is 386. The van der Waals surface area contributed by atoms with Crippen LogP contribution in [0.3, 0.4) is 0 Å². The van der Waals surface area contributed by atoms with E-state index in [0.29, 0.717) is 0 Å².